The van der Waals surface area contributed by atoms with E-state index >= 15 is 0 Å². The number of aryl methyl sites for hydroxylation is 2. The number of aromatic nitrogens is 1. The summed E-state index contributed by atoms with van der Waals surface area (Å²) in [6.07, 6.45) is 3.25. The summed E-state index contributed by atoms with van der Waals surface area (Å²) in [4.78, 5) is 4.65. The van der Waals surface area contributed by atoms with Crippen LogP contribution in [0.5, 0.6) is 17.4 Å². The van der Waals surface area contributed by atoms with Gasteiger partial charge in [-0.15, -0.1) is 0 Å². The molecule has 110 valence electrons. The van der Waals surface area contributed by atoms with Gasteiger partial charge in [0, 0.05) is 17.8 Å². The van der Waals surface area contributed by atoms with Crippen LogP contribution in [-0.4, -0.2) is 12.1 Å². The number of nitrogens with two attached hydrogens (primary N) is 1. The third-order valence-electron chi connectivity index (χ3n) is 3.66. The van der Waals surface area contributed by atoms with Gasteiger partial charge in [0.2, 0.25) is 5.88 Å². The predicted octanol–water partition coefficient (Wildman–Crippen LogP) is 3.59. The van der Waals surface area contributed by atoms with Crippen molar-refractivity contribution in [1.29, 1.82) is 0 Å². The molecule has 0 fully saturated rings. The molecule has 1 heterocycles. The van der Waals surface area contributed by atoms with Crippen molar-refractivity contribution in [3.63, 3.8) is 0 Å². The zero-order valence-corrected chi connectivity index (χ0v) is 13.4. The number of hydrogen-bond acceptors (Lipinski definition) is 4. The molecule has 0 radical (unpaired) electrons. The Balaban J connectivity index is 1.94. The Morgan fingerprint density at radius 3 is 2.86 bits per heavy atom. The number of pyridine rings is 1. The average molecular weight is 349 g/mol. The van der Waals surface area contributed by atoms with Crippen molar-refractivity contribution in [2.45, 2.75) is 25.8 Å². The zero-order valence-electron chi connectivity index (χ0n) is 11.9. The molecule has 1 aromatic heterocycles. The van der Waals surface area contributed by atoms with E-state index in [2.05, 4.69) is 27.0 Å². The van der Waals surface area contributed by atoms with E-state index in [1.54, 1.807) is 7.11 Å². The number of ether oxygens (including phenoxy) is 2. The molecule has 0 atom stereocenters. The summed E-state index contributed by atoms with van der Waals surface area (Å²) in [5, 5.41) is 0. The van der Waals surface area contributed by atoms with E-state index < -0.39 is 0 Å². The maximum absolute atomic E-state index is 5.96. The van der Waals surface area contributed by atoms with E-state index in [4.69, 9.17) is 15.2 Å². The lowest BCUT2D eigenvalue weighted by Gasteiger charge is -2.13. The molecule has 1 aromatic carbocycles. The molecule has 2 aromatic rings. The molecule has 0 unspecified atom stereocenters. The highest BCUT2D eigenvalue weighted by Gasteiger charge is 2.17. The Hall–Kier alpha value is -1.59. The summed E-state index contributed by atoms with van der Waals surface area (Å²) in [6.45, 7) is 0.420. The monoisotopic (exact) mass is 348 g/mol. The van der Waals surface area contributed by atoms with E-state index in [0.717, 1.165) is 40.7 Å². The third kappa shape index (κ3) is 2.89. The Morgan fingerprint density at radius 1 is 1.29 bits per heavy atom. The van der Waals surface area contributed by atoms with Crippen LogP contribution in [-0.2, 0) is 19.4 Å². The topological polar surface area (TPSA) is 57.4 Å². The molecule has 0 saturated heterocycles. The average Bonchev–Trinajstić information content (AvgIpc) is 2.95. The van der Waals surface area contributed by atoms with Gasteiger partial charge in [-0.25, -0.2) is 4.98 Å². The smallest absolute Gasteiger partial charge is 0.224 e. The van der Waals surface area contributed by atoms with E-state index in [0.29, 0.717) is 18.2 Å². The molecule has 2 N–H and O–H groups in total. The molecule has 0 aliphatic heterocycles. The lowest BCUT2D eigenvalue weighted by Crippen LogP contribution is -2.04. The summed E-state index contributed by atoms with van der Waals surface area (Å²) >= 11 is 3.49. The second-order valence-electron chi connectivity index (χ2n) is 5.01. The van der Waals surface area contributed by atoms with Crippen LogP contribution < -0.4 is 15.2 Å². The van der Waals surface area contributed by atoms with Crippen molar-refractivity contribution < 1.29 is 9.47 Å². The standard InChI is InChI=1S/C16H17BrN2O2/c1-20-12-5-6-15(13(17)8-12)21-16-11(9-18)7-10-3-2-4-14(10)19-16/h5-8H,2-4,9,18H2,1H3. The van der Waals surface area contributed by atoms with Gasteiger partial charge in [-0.2, -0.15) is 0 Å². The van der Waals surface area contributed by atoms with Crippen LogP contribution >= 0.6 is 15.9 Å². The van der Waals surface area contributed by atoms with Gasteiger partial charge in [0.05, 0.1) is 11.6 Å². The van der Waals surface area contributed by atoms with Gasteiger partial charge in [0.15, 0.2) is 0 Å². The van der Waals surface area contributed by atoms with Crippen LogP contribution in [0.1, 0.15) is 23.2 Å². The van der Waals surface area contributed by atoms with Gasteiger partial charge in [0.25, 0.3) is 0 Å². The van der Waals surface area contributed by atoms with Crippen LogP contribution in [0.15, 0.2) is 28.7 Å². The lowest BCUT2D eigenvalue weighted by molar-refractivity contribution is 0.411. The second-order valence-corrected chi connectivity index (χ2v) is 5.87. The minimum Gasteiger partial charge on any atom is -0.497 e. The summed E-state index contributed by atoms with van der Waals surface area (Å²) < 4.78 is 12.0. The van der Waals surface area contributed by atoms with Crippen LogP contribution in [0.3, 0.4) is 0 Å². The number of fused-ring (bicyclic) bond motifs is 1. The maximum Gasteiger partial charge on any atom is 0.224 e. The molecular weight excluding hydrogens is 332 g/mol. The Morgan fingerprint density at radius 2 is 2.14 bits per heavy atom. The van der Waals surface area contributed by atoms with E-state index in [9.17, 15) is 0 Å². The van der Waals surface area contributed by atoms with Crippen molar-refractivity contribution >= 4 is 15.9 Å². The van der Waals surface area contributed by atoms with Crippen molar-refractivity contribution in [3.05, 3.63) is 45.6 Å². The number of hydrogen-bond donors (Lipinski definition) is 1. The van der Waals surface area contributed by atoms with E-state index in [1.807, 2.05) is 18.2 Å². The quantitative estimate of drug-likeness (QED) is 0.917. The fraction of sp³-hybridized carbons (Fsp3) is 0.312. The first-order valence-corrected chi connectivity index (χ1v) is 7.73. The van der Waals surface area contributed by atoms with Gasteiger partial charge in [-0.3, -0.25) is 0 Å². The van der Waals surface area contributed by atoms with Crippen LogP contribution in [0.4, 0.5) is 0 Å². The fourth-order valence-corrected chi connectivity index (χ4v) is 2.97. The Labute approximate surface area is 132 Å². The first kappa shape index (κ1) is 14.4. The molecule has 5 heteroatoms. The van der Waals surface area contributed by atoms with Crippen LogP contribution in [0, 0.1) is 0 Å². The summed E-state index contributed by atoms with van der Waals surface area (Å²) in [5.41, 5.74) is 9.21. The number of nitrogens with zero attached hydrogens (tertiary/aromatic N) is 1. The van der Waals surface area contributed by atoms with Gasteiger partial charge < -0.3 is 15.2 Å². The second kappa shape index (κ2) is 6.03. The highest BCUT2D eigenvalue weighted by atomic mass is 79.9. The third-order valence-corrected chi connectivity index (χ3v) is 4.28. The number of benzene rings is 1. The SMILES string of the molecule is COc1ccc(Oc2nc3c(cc2CN)CCC3)c(Br)c1. The van der Waals surface area contributed by atoms with Gasteiger partial charge in [-0.1, -0.05) is 0 Å². The molecule has 21 heavy (non-hydrogen) atoms. The summed E-state index contributed by atoms with van der Waals surface area (Å²) in [5.74, 6) is 2.08. The highest BCUT2D eigenvalue weighted by molar-refractivity contribution is 9.10. The number of halogens is 1. The minimum absolute atomic E-state index is 0.420. The fourth-order valence-electron chi connectivity index (χ4n) is 2.53. The maximum atomic E-state index is 5.96. The molecular formula is C16H17BrN2O2. The van der Waals surface area contributed by atoms with Crippen LogP contribution in [0.2, 0.25) is 0 Å². The molecule has 0 amide bonds. The first-order chi connectivity index (χ1) is 10.2. The van der Waals surface area contributed by atoms with Gasteiger partial charge in [0.1, 0.15) is 11.5 Å². The number of rotatable bonds is 4. The van der Waals surface area contributed by atoms with Gasteiger partial charge >= 0.3 is 0 Å². The van der Waals surface area contributed by atoms with Crippen molar-refractivity contribution in [2.75, 3.05) is 7.11 Å². The van der Waals surface area contributed by atoms with E-state index in [-0.39, 0.29) is 0 Å². The van der Waals surface area contributed by atoms with E-state index in [1.165, 1.54) is 5.56 Å². The first-order valence-electron chi connectivity index (χ1n) is 6.94. The van der Waals surface area contributed by atoms with Gasteiger partial charge in [-0.05, 0) is 65.0 Å². The Bertz CT molecular complexity index is 674. The minimum atomic E-state index is 0.420. The molecule has 1 aliphatic carbocycles. The largest absolute Gasteiger partial charge is 0.497 e. The van der Waals surface area contributed by atoms with Crippen LogP contribution in [0.25, 0.3) is 0 Å². The molecule has 1 aliphatic rings. The zero-order chi connectivity index (χ0) is 14.8. The molecule has 0 bridgehead atoms. The van der Waals surface area contributed by atoms with Crippen molar-refractivity contribution in [3.8, 4) is 17.4 Å². The normalized spacial score (nSPS) is 13.1. The molecule has 0 saturated carbocycles. The summed E-state index contributed by atoms with van der Waals surface area (Å²) in [6, 6.07) is 7.71. The van der Waals surface area contributed by atoms with Crippen molar-refractivity contribution in [2.24, 2.45) is 5.73 Å². The molecule has 3 rings (SSSR count). The summed E-state index contributed by atoms with van der Waals surface area (Å²) in [7, 11) is 1.64. The lowest BCUT2D eigenvalue weighted by atomic mass is 10.1. The number of methoxy groups -OCH3 is 1. The Kier molecular flexibility index (Phi) is 4.12. The molecule has 0 spiro atoms. The van der Waals surface area contributed by atoms with Crippen molar-refractivity contribution in [1.82, 2.24) is 4.98 Å². The molecule has 4 nitrogen and oxygen atoms in total. The predicted molar refractivity (Wildman–Crippen MR) is 84.9 cm³/mol. The highest BCUT2D eigenvalue weighted by Crippen LogP contribution is 2.34.